The second-order valence-electron chi connectivity index (χ2n) is 4.96. The van der Waals surface area contributed by atoms with E-state index in [-0.39, 0.29) is 17.8 Å². The summed E-state index contributed by atoms with van der Waals surface area (Å²) in [5.74, 6) is 0.834. The van der Waals surface area contributed by atoms with Gasteiger partial charge in [-0.1, -0.05) is 35.9 Å². The normalized spacial score (nSPS) is 12.0. The van der Waals surface area contributed by atoms with E-state index in [0.29, 0.717) is 10.8 Å². The Balaban J connectivity index is 1.75. The number of amides is 1. The Kier molecular flexibility index (Phi) is 6.28. The van der Waals surface area contributed by atoms with Crippen molar-refractivity contribution >= 4 is 29.3 Å². The molecule has 2 nitrogen and oxygen atoms in total. The third kappa shape index (κ3) is 5.35. The largest absolute Gasteiger partial charge is 0.349 e. The van der Waals surface area contributed by atoms with Crippen LogP contribution in [0.4, 0.5) is 4.39 Å². The van der Waals surface area contributed by atoms with Crippen LogP contribution in [0.5, 0.6) is 0 Å². The second-order valence-corrected chi connectivity index (χ2v) is 6.38. The van der Waals surface area contributed by atoms with Crippen molar-refractivity contribution < 1.29 is 9.18 Å². The van der Waals surface area contributed by atoms with E-state index >= 15 is 0 Å². The second kappa shape index (κ2) is 8.20. The van der Waals surface area contributed by atoms with Crippen molar-refractivity contribution in [3.63, 3.8) is 0 Å². The Morgan fingerprint density at radius 3 is 2.45 bits per heavy atom. The molecule has 0 aromatic heterocycles. The molecule has 0 heterocycles. The summed E-state index contributed by atoms with van der Waals surface area (Å²) in [5, 5.41) is 3.62. The van der Waals surface area contributed by atoms with Gasteiger partial charge in [0, 0.05) is 10.8 Å². The third-order valence-electron chi connectivity index (χ3n) is 3.16. The van der Waals surface area contributed by atoms with Crippen LogP contribution in [0, 0.1) is 5.82 Å². The van der Waals surface area contributed by atoms with E-state index in [2.05, 4.69) is 5.32 Å². The molecule has 2 aromatic carbocycles. The van der Waals surface area contributed by atoms with Crippen molar-refractivity contribution in [1.29, 1.82) is 0 Å². The molecule has 0 saturated carbocycles. The van der Waals surface area contributed by atoms with Crippen LogP contribution in [0.3, 0.4) is 0 Å². The van der Waals surface area contributed by atoms with Crippen molar-refractivity contribution in [2.24, 2.45) is 0 Å². The standard InChI is InChI=1S/C17H17ClFNOS/c1-12(14-4-8-16(19)9-5-14)20-17(21)11-22-10-13-2-6-15(18)7-3-13/h2-9,12H,10-11H2,1H3,(H,20,21). The first-order chi connectivity index (χ1) is 10.5. The van der Waals surface area contributed by atoms with Gasteiger partial charge in [-0.2, -0.15) is 0 Å². The zero-order valence-corrected chi connectivity index (χ0v) is 13.8. The van der Waals surface area contributed by atoms with Gasteiger partial charge in [0.05, 0.1) is 11.8 Å². The number of hydrogen-bond donors (Lipinski definition) is 1. The maximum Gasteiger partial charge on any atom is 0.230 e. The lowest BCUT2D eigenvalue weighted by atomic mass is 10.1. The lowest BCUT2D eigenvalue weighted by molar-refractivity contribution is -0.119. The summed E-state index contributed by atoms with van der Waals surface area (Å²) in [5.41, 5.74) is 2.02. The quantitative estimate of drug-likeness (QED) is 0.835. The van der Waals surface area contributed by atoms with E-state index in [4.69, 9.17) is 11.6 Å². The number of rotatable bonds is 6. The van der Waals surface area contributed by atoms with Crippen LogP contribution < -0.4 is 5.32 Å². The fourth-order valence-electron chi connectivity index (χ4n) is 1.96. The van der Waals surface area contributed by atoms with Crippen LogP contribution in [0.15, 0.2) is 48.5 Å². The van der Waals surface area contributed by atoms with E-state index in [0.717, 1.165) is 16.9 Å². The van der Waals surface area contributed by atoms with Crippen LogP contribution in [-0.4, -0.2) is 11.7 Å². The molecular weight excluding hydrogens is 321 g/mol. The first kappa shape index (κ1) is 16.8. The van der Waals surface area contributed by atoms with Gasteiger partial charge >= 0.3 is 0 Å². The predicted molar refractivity (Wildman–Crippen MR) is 90.6 cm³/mol. The molecule has 0 aliphatic heterocycles. The molecule has 1 N–H and O–H groups in total. The van der Waals surface area contributed by atoms with Crippen molar-refractivity contribution in [2.75, 3.05) is 5.75 Å². The molecular formula is C17H17ClFNOS. The Hall–Kier alpha value is -1.52. The summed E-state index contributed by atoms with van der Waals surface area (Å²) in [7, 11) is 0. The molecule has 5 heteroatoms. The first-order valence-electron chi connectivity index (χ1n) is 6.91. The van der Waals surface area contributed by atoms with Gasteiger partial charge < -0.3 is 5.32 Å². The monoisotopic (exact) mass is 337 g/mol. The zero-order valence-electron chi connectivity index (χ0n) is 12.2. The molecule has 0 fully saturated rings. The Labute approximate surface area is 139 Å². The van der Waals surface area contributed by atoms with E-state index in [9.17, 15) is 9.18 Å². The van der Waals surface area contributed by atoms with E-state index < -0.39 is 0 Å². The van der Waals surface area contributed by atoms with E-state index in [1.54, 1.807) is 23.9 Å². The van der Waals surface area contributed by atoms with Crippen LogP contribution in [0.25, 0.3) is 0 Å². The number of thioether (sulfide) groups is 1. The SMILES string of the molecule is CC(NC(=O)CSCc1ccc(Cl)cc1)c1ccc(F)cc1. The average Bonchev–Trinajstić information content (AvgIpc) is 2.50. The third-order valence-corrected chi connectivity index (χ3v) is 4.42. The van der Waals surface area contributed by atoms with Crippen LogP contribution in [0.2, 0.25) is 5.02 Å². The number of benzene rings is 2. The van der Waals surface area contributed by atoms with Crippen molar-refractivity contribution in [2.45, 2.75) is 18.7 Å². The fourth-order valence-corrected chi connectivity index (χ4v) is 2.89. The molecule has 0 radical (unpaired) electrons. The van der Waals surface area contributed by atoms with Crippen LogP contribution in [0.1, 0.15) is 24.1 Å². The van der Waals surface area contributed by atoms with Gasteiger partial charge in [0.15, 0.2) is 0 Å². The molecule has 0 spiro atoms. The zero-order chi connectivity index (χ0) is 15.9. The first-order valence-corrected chi connectivity index (χ1v) is 8.45. The number of nitrogens with one attached hydrogen (secondary N) is 1. The number of carbonyl (C=O) groups excluding carboxylic acids is 1. The Bertz CT molecular complexity index is 616. The summed E-state index contributed by atoms with van der Waals surface area (Å²) in [4.78, 5) is 11.9. The van der Waals surface area contributed by atoms with Crippen molar-refractivity contribution in [3.05, 3.63) is 70.5 Å². The van der Waals surface area contributed by atoms with Gasteiger partial charge in [-0.05, 0) is 42.3 Å². The molecule has 1 unspecified atom stereocenters. The fraction of sp³-hybridized carbons (Fsp3) is 0.235. The van der Waals surface area contributed by atoms with E-state index in [1.165, 1.54) is 12.1 Å². The van der Waals surface area contributed by atoms with Crippen LogP contribution >= 0.6 is 23.4 Å². The Morgan fingerprint density at radius 1 is 1.18 bits per heavy atom. The predicted octanol–water partition coefficient (Wildman–Crippen LogP) is 4.59. The Morgan fingerprint density at radius 2 is 1.82 bits per heavy atom. The molecule has 116 valence electrons. The van der Waals surface area contributed by atoms with Gasteiger partial charge in [-0.15, -0.1) is 11.8 Å². The molecule has 0 bridgehead atoms. The highest BCUT2D eigenvalue weighted by molar-refractivity contribution is 7.99. The summed E-state index contributed by atoms with van der Waals surface area (Å²) in [6.45, 7) is 1.88. The topological polar surface area (TPSA) is 29.1 Å². The van der Waals surface area contributed by atoms with Gasteiger partial charge in [0.25, 0.3) is 0 Å². The molecule has 0 aliphatic carbocycles. The average molecular weight is 338 g/mol. The minimum absolute atomic E-state index is 0.0317. The highest BCUT2D eigenvalue weighted by Crippen LogP contribution is 2.16. The summed E-state index contributed by atoms with van der Waals surface area (Å²) in [6, 6.07) is 13.6. The molecule has 1 amide bonds. The highest BCUT2D eigenvalue weighted by Gasteiger charge is 2.09. The maximum absolute atomic E-state index is 12.9. The highest BCUT2D eigenvalue weighted by atomic mass is 35.5. The molecule has 2 rings (SSSR count). The van der Waals surface area contributed by atoms with Crippen molar-refractivity contribution in [3.8, 4) is 0 Å². The lowest BCUT2D eigenvalue weighted by Crippen LogP contribution is -2.28. The van der Waals surface area contributed by atoms with Gasteiger partial charge in [0.2, 0.25) is 5.91 Å². The molecule has 0 aliphatic rings. The number of carbonyl (C=O) groups is 1. The molecule has 0 saturated heterocycles. The minimum Gasteiger partial charge on any atom is -0.349 e. The van der Waals surface area contributed by atoms with Gasteiger partial charge in [-0.25, -0.2) is 4.39 Å². The lowest BCUT2D eigenvalue weighted by Gasteiger charge is -2.14. The smallest absolute Gasteiger partial charge is 0.230 e. The maximum atomic E-state index is 12.9. The molecule has 1 atom stereocenters. The van der Waals surface area contributed by atoms with Gasteiger partial charge in [0.1, 0.15) is 5.82 Å². The minimum atomic E-state index is -0.277. The molecule has 2 aromatic rings. The number of hydrogen-bond acceptors (Lipinski definition) is 2. The summed E-state index contributed by atoms with van der Waals surface area (Å²) >= 11 is 7.37. The van der Waals surface area contributed by atoms with Crippen molar-refractivity contribution in [1.82, 2.24) is 5.32 Å². The molecule has 22 heavy (non-hydrogen) atoms. The number of halogens is 2. The summed E-state index contributed by atoms with van der Waals surface area (Å²) < 4.78 is 12.9. The summed E-state index contributed by atoms with van der Waals surface area (Å²) in [6.07, 6.45) is 0. The van der Waals surface area contributed by atoms with Gasteiger partial charge in [-0.3, -0.25) is 4.79 Å². The van der Waals surface area contributed by atoms with Crippen LogP contribution in [-0.2, 0) is 10.5 Å². The van der Waals surface area contributed by atoms with E-state index in [1.807, 2.05) is 31.2 Å².